The van der Waals surface area contributed by atoms with Crippen molar-refractivity contribution in [2.75, 3.05) is 13.2 Å². The number of carbonyl (C=O) groups excluding carboxylic acids is 2. The summed E-state index contributed by atoms with van der Waals surface area (Å²) in [5.74, 6) is -0.429. The van der Waals surface area contributed by atoms with Gasteiger partial charge in [-0.15, -0.1) is 0 Å². The molecule has 0 amide bonds. The highest BCUT2D eigenvalue weighted by molar-refractivity contribution is 8.13. The van der Waals surface area contributed by atoms with Crippen molar-refractivity contribution in [2.24, 2.45) is 5.73 Å². The minimum Gasteiger partial charge on any atom is -0.464 e. The SMILES string of the molecule is NCCOC(=O)CCC(=O)Sc1nc2ccccc2o1. The molecule has 106 valence electrons. The van der Waals surface area contributed by atoms with Gasteiger partial charge in [-0.1, -0.05) is 12.1 Å². The van der Waals surface area contributed by atoms with E-state index in [-0.39, 0.29) is 36.3 Å². The van der Waals surface area contributed by atoms with Crippen LogP contribution in [0.1, 0.15) is 12.8 Å². The van der Waals surface area contributed by atoms with Gasteiger partial charge in [0.15, 0.2) is 10.7 Å². The van der Waals surface area contributed by atoms with Crippen molar-refractivity contribution in [2.45, 2.75) is 18.1 Å². The molecule has 1 aromatic heterocycles. The molecular formula is C13H14N2O4S. The number of benzene rings is 1. The summed E-state index contributed by atoms with van der Waals surface area (Å²) in [5, 5.41) is 0.0905. The van der Waals surface area contributed by atoms with E-state index in [1.165, 1.54) is 0 Å². The molecule has 1 aromatic carbocycles. The van der Waals surface area contributed by atoms with Gasteiger partial charge in [0.1, 0.15) is 12.1 Å². The summed E-state index contributed by atoms with van der Waals surface area (Å²) in [6.45, 7) is 0.447. The van der Waals surface area contributed by atoms with E-state index < -0.39 is 5.97 Å². The van der Waals surface area contributed by atoms with Gasteiger partial charge in [-0.05, 0) is 12.1 Å². The molecule has 0 fully saturated rings. The lowest BCUT2D eigenvalue weighted by Crippen LogP contribution is -2.13. The van der Waals surface area contributed by atoms with Crippen molar-refractivity contribution in [1.82, 2.24) is 4.98 Å². The van der Waals surface area contributed by atoms with Gasteiger partial charge in [-0.25, -0.2) is 4.98 Å². The Morgan fingerprint density at radius 1 is 1.30 bits per heavy atom. The zero-order chi connectivity index (χ0) is 14.4. The van der Waals surface area contributed by atoms with Crippen LogP contribution in [0.2, 0.25) is 0 Å². The lowest BCUT2D eigenvalue weighted by Gasteiger charge is -2.01. The Morgan fingerprint density at radius 3 is 2.85 bits per heavy atom. The maximum Gasteiger partial charge on any atom is 0.306 e. The zero-order valence-electron chi connectivity index (χ0n) is 10.7. The average molecular weight is 294 g/mol. The number of nitrogens with zero attached hydrogens (tertiary/aromatic N) is 1. The fourth-order valence-corrected chi connectivity index (χ4v) is 2.17. The number of fused-ring (bicyclic) bond motifs is 1. The van der Waals surface area contributed by atoms with Gasteiger partial charge >= 0.3 is 5.97 Å². The highest BCUT2D eigenvalue weighted by Crippen LogP contribution is 2.24. The molecule has 0 aliphatic carbocycles. The van der Waals surface area contributed by atoms with Crippen molar-refractivity contribution >= 4 is 33.9 Å². The molecule has 0 radical (unpaired) electrons. The second-order valence-electron chi connectivity index (χ2n) is 3.93. The largest absolute Gasteiger partial charge is 0.464 e. The quantitative estimate of drug-likeness (QED) is 0.640. The van der Waals surface area contributed by atoms with E-state index in [0.29, 0.717) is 11.1 Å². The van der Waals surface area contributed by atoms with Crippen LogP contribution in [0.15, 0.2) is 33.9 Å². The van der Waals surface area contributed by atoms with Crippen molar-refractivity contribution < 1.29 is 18.7 Å². The molecule has 0 aliphatic rings. The predicted molar refractivity (Wildman–Crippen MR) is 74.1 cm³/mol. The lowest BCUT2D eigenvalue weighted by atomic mass is 10.3. The number of para-hydroxylation sites is 2. The summed E-state index contributed by atoms with van der Waals surface area (Å²) in [5.41, 5.74) is 6.53. The summed E-state index contributed by atoms with van der Waals surface area (Å²) >= 11 is 0.886. The smallest absolute Gasteiger partial charge is 0.306 e. The Balaban J connectivity index is 1.83. The second-order valence-corrected chi connectivity index (χ2v) is 4.94. The van der Waals surface area contributed by atoms with Crippen molar-refractivity contribution in [3.8, 4) is 0 Å². The number of hydrogen-bond donors (Lipinski definition) is 1. The van der Waals surface area contributed by atoms with Crippen molar-refractivity contribution in [3.63, 3.8) is 0 Å². The highest BCUT2D eigenvalue weighted by Gasteiger charge is 2.13. The first-order chi connectivity index (χ1) is 9.69. The summed E-state index contributed by atoms with van der Waals surface area (Å²) in [4.78, 5) is 27.1. The van der Waals surface area contributed by atoms with Crippen LogP contribution < -0.4 is 5.73 Å². The summed E-state index contributed by atoms with van der Waals surface area (Å²) in [7, 11) is 0. The summed E-state index contributed by atoms with van der Waals surface area (Å²) in [6, 6.07) is 7.25. The Morgan fingerprint density at radius 2 is 2.10 bits per heavy atom. The van der Waals surface area contributed by atoms with E-state index in [2.05, 4.69) is 4.98 Å². The third kappa shape index (κ3) is 4.07. The highest BCUT2D eigenvalue weighted by atomic mass is 32.2. The molecule has 20 heavy (non-hydrogen) atoms. The maximum absolute atomic E-state index is 11.7. The van der Waals surface area contributed by atoms with Crippen LogP contribution in [-0.4, -0.2) is 29.2 Å². The van der Waals surface area contributed by atoms with E-state index in [4.69, 9.17) is 14.9 Å². The average Bonchev–Trinajstić information content (AvgIpc) is 2.84. The van der Waals surface area contributed by atoms with Gasteiger partial charge in [0.25, 0.3) is 5.22 Å². The number of carbonyl (C=O) groups is 2. The van der Waals surface area contributed by atoms with Crippen LogP contribution in [0.25, 0.3) is 11.1 Å². The molecule has 7 heteroatoms. The Labute approximate surface area is 119 Å². The lowest BCUT2D eigenvalue weighted by molar-refractivity contribution is -0.144. The number of oxazole rings is 1. The van der Waals surface area contributed by atoms with E-state index in [9.17, 15) is 9.59 Å². The Hall–Kier alpha value is -1.86. The minimum atomic E-state index is -0.429. The fraction of sp³-hybridized carbons (Fsp3) is 0.308. The van der Waals surface area contributed by atoms with Gasteiger partial charge in [0, 0.05) is 24.7 Å². The van der Waals surface area contributed by atoms with Gasteiger partial charge in [0.05, 0.1) is 6.42 Å². The molecule has 0 atom stereocenters. The first-order valence-corrected chi connectivity index (χ1v) is 6.92. The Kier molecular flexibility index (Phi) is 5.14. The first kappa shape index (κ1) is 14.5. The van der Waals surface area contributed by atoms with E-state index in [0.717, 1.165) is 11.8 Å². The molecule has 2 rings (SSSR count). The Bertz CT molecular complexity index is 578. The van der Waals surface area contributed by atoms with Crippen LogP contribution in [0.3, 0.4) is 0 Å². The number of ether oxygens (including phenoxy) is 1. The number of nitrogens with two attached hydrogens (primary N) is 1. The van der Waals surface area contributed by atoms with Gasteiger partial charge in [-0.3, -0.25) is 9.59 Å². The van der Waals surface area contributed by atoms with Gasteiger partial charge in [0.2, 0.25) is 0 Å². The van der Waals surface area contributed by atoms with Crippen LogP contribution in [0.5, 0.6) is 0 Å². The molecule has 0 unspecified atom stereocenters. The molecule has 0 saturated carbocycles. The zero-order valence-corrected chi connectivity index (χ0v) is 11.5. The number of aromatic nitrogens is 1. The topological polar surface area (TPSA) is 95.4 Å². The standard InChI is InChI=1S/C13H14N2O4S/c14-7-8-18-11(16)5-6-12(17)20-13-15-9-3-1-2-4-10(9)19-13/h1-4H,5-8,14H2. The monoisotopic (exact) mass is 294 g/mol. The molecule has 0 spiro atoms. The normalized spacial score (nSPS) is 10.7. The van der Waals surface area contributed by atoms with E-state index >= 15 is 0 Å². The number of rotatable bonds is 6. The number of thioether (sulfide) groups is 1. The van der Waals surface area contributed by atoms with Crippen LogP contribution in [0.4, 0.5) is 0 Å². The van der Waals surface area contributed by atoms with Crippen LogP contribution in [-0.2, 0) is 14.3 Å². The number of hydrogen-bond acceptors (Lipinski definition) is 7. The van der Waals surface area contributed by atoms with Crippen LogP contribution in [0, 0.1) is 0 Å². The molecule has 0 bridgehead atoms. The number of esters is 1. The molecule has 2 aromatic rings. The third-order valence-corrected chi connectivity index (χ3v) is 3.17. The predicted octanol–water partition coefficient (Wildman–Crippen LogP) is 1.73. The molecule has 6 nitrogen and oxygen atoms in total. The molecule has 1 heterocycles. The van der Waals surface area contributed by atoms with E-state index in [1.54, 1.807) is 12.1 Å². The second kappa shape index (κ2) is 7.06. The fourth-order valence-electron chi connectivity index (χ4n) is 1.49. The minimum absolute atomic E-state index is 0.0338. The molecule has 0 aliphatic heterocycles. The maximum atomic E-state index is 11.7. The van der Waals surface area contributed by atoms with Gasteiger partial charge < -0.3 is 14.9 Å². The third-order valence-electron chi connectivity index (χ3n) is 2.39. The van der Waals surface area contributed by atoms with E-state index in [1.807, 2.05) is 12.1 Å². The molecular weight excluding hydrogens is 280 g/mol. The molecule has 2 N–H and O–H groups in total. The summed E-state index contributed by atoms with van der Waals surface area (Å²) < 4.78 is 10.2. The van der Waals surface area contributed by atoms with Crippen molar-refractivity contribution in [3.05, 3.63) is 24.3 Å². The molecule has 0 saturated heterocycles. The first-order valence-electron chi connectivity index (χ1n) is 6.11. The van der Waals surface area contributed by atoms with Gasteiger partial charge in [-0.2, -0.15) is 0 Å². The van der Waals surface area contributed by atoms with Crippen LogP contribution >= 0.6 is 11.8 Å². The van der Waals surface area contributed by atoms with Crippen molar-refractivity contribution in [1.29, 1.82) is 0 Å². The summed E-state index contributed by atoms with van der Waals surface area (Å²) in [6.07, 6.45) is 0.110.